The minimum absolute atomic E-state index is 0.0510. The van der Waals surface area contributed by atoms with Crippen molar-refractivity contribution in [2.75, 3.05) is 14.1 Å². The summed E-state index contributed by atoms with van der Waals surface area (Å²) < 4.78 is 34.5. The molecule has 152 valence electrons. The van der Waals surface area contributed by atoms with Crippen molar-refractivity contribution in [3.63, 3.8) is 0 Å². The monoisotopic (exact) mass is 420 g/mol. The highest BCUT2D eigenvalue weighted by atomic mass is 32.1. The molecule has 3 rings (SSSR count). The van der Waals surface area contributed by atoms with Gasteiger partial charge in [-0.25, -0.2) is 18.3 Å². The van der Waals surface area contributed by atoms with Crippen LogP contribution in [0, 0.1) is 11.6 Å². The Hall–Kier alpha value is -3.14. The van der Waals surface area contributed by atoms with E-state index in [2.05, 4.69) is 22.9 Å². The summed E-state index contributed by atoms with van der Waals surface area (Å²) in [6.45, 7) is 1.84. The van der Waals surface area contributed by atoms with E-state index in [9.17, 15) is 18.7 Å². The summed E-state index contributed by atoms with van der Waals surface area (Å²) >= 11 is 4.19. The van der Waals surface area contributed by atoms with Crippen molar-refractivity contribution in [2.24, 2.45) is 0 Å². The van der Waals surface area contributed by atoms with Gasteiger partial charge in [-0.15, -0.1) is 17.7 Å². The Bertz CT molecular complexity index is 1090. The fourth-order valence-corrected chi connectivity index (χ4v) is 2.95. The molecule has 7 nitrogen and oxygen atoms in total. The number of nitrogens with zero attached hydrogens (tertiary/aromatic N) is 4. The van der Waals surface area contributed by atoms with Gasteiger partial charge in [0.1, 0.15) is 27.9 Å². The number of benzene rings is 2. The third kappa shape index (κ3) is 3.88. The summed E-state index contributed by atoms with van der Waals surface area (Å²) in [5.41, 5.74) is 0.703. The normalized spacial score (nSPS) is 10.8. The number of rotatable bonds is 4. The molecule has 2 aromatic carbocycles. The van der Waals surface area contributed by atoms with Crippen molar-refractivity contribution in [2.45, 2.75) is 18.4 Å². The van der Waals surface area contributed by atoms with Gasteiger partial charge in [-0.05, 0) is 30.2 Å². The van der Waals surface area contributed by atoms with Gasteiger partial charge in [0.05, 0.1) is 0 Å². The second-order valence-electron chi connectivity index (χ2n) is 6.34. The fourth-order valence-electron chi connectivity index (χ4n) is 2.69. The van der Waals surface area contributed by atoms with E-state index in [1.165, 1.54) is 43.3 Å². The van der Waals surface area contributed by atoms with Crippen molar-refractivity contribution in [3.05, 3.63) is 47.5 Å². The van der Waals surface area contributed by atoms with Crippen LogP contribution in [-0.4, -0.2) is 45.2 Å². The molecule has 0 spiro atoms. The Labute approximate surface area is 170 Å². The lowest BCUT2D eigenvalue weighted by molar-refractivity contribution is 0.171. The minimum Gasteiger partial charge on any atom is -0.506 e. The Morgan fingerprint density at radius 1 is 1.31 bits per heavy atom. The van der Waals surface area contributed by atoms with Crippen LogP contribution in [0.25, 0.3) is 16.9 Å². The van der Waals surface area contributed by atoms with E-state index < -0.39 is 17.7 Å². The first-order valence-electron chi connectivity index (χ1n) is 8.59. The van der Waals surface area contributed by atoms with E-state index in [0.29, 0.717) is 12.0 Å². The quantitative estimate of drug-likeness (QED) is 0.627. The maximum Gasteiger partial charge on any atom is 0.414 e. The summed E-state index contributed by atoms with van der Waals surface area (Å²) in [6.07, 6.45) is -0.136. The first-order chi connectivity index (χ1) is 13.7. The molecule has 0 aliphatic carbocycles. The summed E-state index contributed by atoms with van der Waals surface area (Å²) in [7, 11) is 3.07. The molecule has 1 heterocycles. The van der Waals surface area contributed by atoms with Gasteiger partial charge in [-0.2, -0.15) is 0 Å². The number of aromatic nitrogens is 3. The van der Waals surface area contributed by atoms with Gasteiger partial charge in [0.25, 0.3) is 0 Å². The lowest BCUT2D eigenvalue weighted by Gasteiger charge is -2.16. The summed E-state index contributed by atoms with van der Waals surface area (Å²) in [5, 5.41) is 18.3. The third-order valence-corrected chi connectivity index (χ3v) is 4.49. The Morgan fingerprint density at radius 2 is 2.03 bits per heavy atom. The SMILES string of the molecule is CCc1cc(-n2nnc(S)c2-c2cccc(F)c2F)c(O)cc1OC(=O)N(C)C. The van der Waals surface area contributed by atoms with Gasteiger partial charge in [0.15, 0.2) is 11.6 Å². The second-order valence-corrected chi connectivity index (χ2v) is 6.76. The van der Waals surface area contributed by atoms with Crippen LogP contribution < -0.4 is 4.74 Å². The molecular weight excluding hydrogens is 402 g/mol. The zero-order valence-corrected chi connectivity index (χ0v) is 16.7. The van der Waals surface area contributed by atoms with Crippen molar-refractivity contribution in [3.8, 4) is 28.4 Å². The topological polar surface area (TPSA) is 80.5 Å². The van der Waals surface area contributed by atoms with Crippen LogP contribution in [-0.2, 0) is 6.42 Å². The number of carbonyl (C=O) groups excluding carboxylic acids is 1. The number of phenolic OH excluding ortho intramolecular Hbond substituents is 1. The van der Waals surface area contributed by atoms with Gasteiger partial charge in [0, 0.05) is 25.7 Å². The van der Waals surface area contributed by atoms with E-state index >= 15 is 0 Å². The van der Waals surface area contributed by atoms with Crippen molar-refractivity contribution in [1.82, 2.24) is 19.9 Å². The van der Waals surface area contributed by atoms with Gasteiger partial charge in [-0.1, -0.05) is 18.2 Å². The Morgan fingerprint density at radius 3 is 2.69 bits per heavy atom. The van der Waals surface area contributed by atoms with E-state index in [1.54, 1.807) is 0 Å². The molecular formula is C19H18F2N4O3S. The van der Waals surface area contributed by atoms with Crippen molar-refractivity contribution in [1.29, 1.82) is 0 Å². The highest BCUT2D eigenvalue weighted by Crippen LogP contribution is 2.36. The van der Waals surface area contributed by atoms with Gasteiger partial charge < -0.3 is 14.7 Å². The number of hydrogen-bond acceptors (Lipinski definition) is 6. The van der Waals surface area contributed by atoms with Crippen LogP contribution in [0.1, 0.15) is 12.5 Å². The molecule has 0 aliphatic rings. The summed E-state index contributed by atoms with van der Waals surface area (Å²) in [4.78, 5) is 13.1. The number of ether oxygens (including phenoxy) is 1. The molecule has 0 bridgehead atoms. The minimum atomic E-state index is -1.09. The molecule has 0 saturated heterocycles. The van der Waals surface area contributed by atoms with Crippen LogP contribution in [0.3, 0.4) is 0 Å². The van der Waals surface area contributed by atoms with Crippen LogP contribution in [0.4, 0.5) is 13.6 Å². The standard InChI is InChI=1S/C19H18F2N4O3S/c1-4-10-8-13(14(26)9-15(10)28-19(27)24(2)3)25-17(18(29)22-23-25)11-6-5-7-12(20)16(11)21/h5-9,26,29H,4H2,1-3H3. The smallest absolute Gasteiger partial charge is 0.414 e. The number of aromatic hydroxyl groups is 1. The number of halogens is 2. The zero-order valence-electron chi connectivity index (χ0n) is 15.8. The van der Waals surface area contributed by atoms with Gasteiger partial charge in [0.2, 0.25) is 0 Å². The van der Waals surface area contributed by atoms with E-state index in [1.807, 2.05) is 6.92 Å². The zero-order chi connectivity index (χ0) is 21.3. The molecule has 0 unspecified atom stereocenters. The molecule has 0 radical (unpaired) electrons. The molecule has 0 aliphatic heterocycles. The summed E-state index contributed by atoms with van der Waals surface area (Å²) in [5.74, 6) is -2.23. The van der Waals surface area contributed by atoms with Crippen LogP contribution in [0.15, 0.2) is 35.4 Å². The Kier molecular flexibility index (Phi) is 5.73. The van der Waals surface area contributed by atoms with Gasteiger partial charge >= 0.3 is 6.09 Å². The number of aryl methyl sites for hydroxylation is 1. The highest BCUT2D eigenvalue weighted by Gasteiger charge is 2.23. The number of amides is 1. The van der Waals surface area contributed by atoms with Gasteiger partial charge in [-0.3, -0.25) is 0 Å². The van der Waals surface area contributed by atoms with Crippen LogP contribution in [0.5, 0.6) is 11.5 Å². The molecule has 0 atom stereocenters. The van der Waals surface area contributed by atoms with Crippen LogP contribution >= 0.6 is 12.6 Å². The third-order valence-electron chi connectivity index (χ3n) is 4.19. The van der Waals surface area contributed by atoms with E-state index in [0.717, 1.165) is 10.7 Å². The molecule has 3 aromatic rings. The number of phenols is 1. The number of thiol groups is 1. The Balaban J connectivity index is 2.16. The molecule has 0 saturated carbocycles. The molecule has 1 aromatic heterocycles. The second kappa shape index (κ2) is 8.08. The largest absolute Gasteiger partial charge is 0.506 e. The first-order valence-corrected chi connectivity index (χ1v) is 9.03. The first kappa shape index (κ1) is 20.6. The average molecular weight is 420 g/mol. The lowest BCUT2D eigenvalue weighted by Crippen LogP contribution is -2.25. The maximum atomic E-state index is 14.4. The maximum absolute atomic E-state index is 14.4. The molecule has 10 heteroatoms. The van der Waals surface area contributed by atoms with E-state index in [4.69, 9.17) is 4.74 Å². The number of hydrogen-bond donors (Lipinski definition) is 2. The van der Waals surface area contributed by atoms with E-state index in [-0.39, 0.29) is 33.5 Å². The molecule has 1 amide bonds. The van der Waals surface area contributed by atoms with Crippen LogP contribution in [0.2, 0.25) is 0 Å². The van der Waals surface area contributed by atoms with Crippen molar-refractivity contribution >= 4 is 18.7 Å². The number of carbonyl (C=O) groups is 1. The highest BCUT2D eigenvalue weighted by molar-refractivity contribution is 7.80. The molecule has 29 heavy (non-hydrogen) atoms. The summed E-state index contributed by atoms with van der Waals surface area (Å²) in [6, 6.07) is 6.50. The predicted octanol–water partition coefficient (Wildman–Crippen LogP) is 3.83. The predicted molar refractivity (Wildman–Crippen MR) is 105 cm³/mol. The molecule has 1 N–H and O–H groups in total. The fraction of sp³-hybridized carbons (Fsp3) is 0.211. The molecule has 0 fully saturated rings. The van der Waals surface area contributed by atoms with Crippen molar-refractivity contribution < 1.29 is 23.4 Å². The average Bonchev–Trinajstić information content (AvgIpc) is 3.05. The lowest BCUT2D eigenvalue weighted by atomic mass is 10.1.